The summed E-state index contributed by atoms with van der Waals surface area (Å²) in [6.07, 6.45) is 2.57. The normalized spacial score (nSPS) is 9.09. The molecule has 8 rings (SSSR count). The van der Waals surface area contributed by atoms with Crippen LogP contribution in [0, 0.1) is 0 Å². The van der Waals surface area contributed by atoms with Gasteiger partial charge in [-0.05, 0) is 132 Å². The SMILES string of the molecule is CCc1ccc(N)cc1.CCc1ccc(Nc2nc(Oc3ccccc3)nc(Oc3ccccc3)n2)cc1.Clc1nc(Cl)nc(Cl)n1.O=C=O.O=C=O.Oc1ccccc1.Oc1ccccc1. The number of nitrogens with one attached hydrogen (secondary N) is 1. The maximum absolute atomic E-state index is 8.63. The van der Waals surface area contributed by atoms with Crippen molar-refractivity contribution in [2.45, 2.75) is 26.7 Å². The molecule has 0 saturated heterocycles. The fraction of sp³-hybridized carbons (Fsp3) is 0.0833. The first-order chi connectivity index (χ1) is 32.4. The van der Waals surface area contributed by atoms with Crippen LogP contribution in [-0.4, -0.2) is 52.4 Å². The van der Waals surface area contributed by atoms with Crippen molar-refractivity contribution in [3.8, 4) is 35.0 Å². The molecule has 19 heteroatoms. The van der Waals surface area contributed by atoms with E-state index in [1.165, 1.54) is 11.1 Å². The first-order valence-electron chi connectivity index (χ1n) is 19.5. The van der Waals surface area contributed by atoms with E-state index in [-0.39, 0.29) is 40.2 Å². The largest absolute Gasteiger partial charge is 0.508 e. The highest BCUT2D eigenvalue weighted by Gasteiger charge is 2.11. The molecule has 0 aliphatic rings. The van der Waals surface area contributed by atoms with Gasteiger partial charge in [0, 0.05) is 11.4 Å². The van der Waals surface area contributed by atoms with Crippen molar-refractivity contribution >= 4 is 64.4 Å². The topological polar surface area (TPSA) is 243 Å². The molecule has 0 atom stereocenters. The lowest BCUT2D eigenvalue weighted by molar-refractivity contribution is -0.193. The Labute approximate surface area is 401 Å². The number of benzene rings is 6. The van der Waals surface area contributed by atoms with Gasteiger partial charge in [0.2, 0.25) is 21.8 Å². The zero-order valence-corrected chi connectivity index (χ0v) is 38.1. The van der Waals surface area contributed by atoms with Crippen LogP contribution in [-0.2, 0) is 32.0 Å². The molecule has 8 aromatic rings. The molecular formula is C48H43Cl3N8O8. The number of hydrogen-bond donors (Lipinski definition) is 4. The van der Waals surface area contributed by atoms with E-state index in [2.05, 4.69) is 73.3 Å². The Morgan fingerprint density at radius 3 is 1.09 bits per heavy atom. The third-order valence-corrected chi connectivity index (χ3v) is 8.08. The summed E-state index contributed by atoms with van der Waals surface area (Å²) in [5, 5.41) is 20.4. The monoisotopic (exact) mass is 964 g/mol. The average molecular weight is 966 g/mol. The molecule has 6 aromatic carbocycles. The molecular weight excluding hydrogens is 923 g/mol. The maximum Gasteiger partial charge on any atom is 0.373 e. The summed E-state index contributed by atoms with van der Waals surface area (Å²) in [4.78, 5) is 55.9. The van der Waals surface area contributed by atoms with Crippen LogP contribution in [0.15, 0.2) is 170 Å². The molecule has 0 spiro atoms. The van der Waals surface area contributed by atoms with Gasteiger partial charge in [-0.3, -0.25) is 0 Å². The summed E-state index contributed by atoms with van der Waals surface area (Å²) in [5.74, 6) is 2.23. The highest BCUT2D eigenvalue weighted by Crippen LogP contribution is 2.25. The minimum absolute atomic E-state index is 0.000000000000000444. The molecule has 344 valence electrons. The second kappa shape index (κ2) is 33.3. The molecule has 0 saturated carbocycles. The molecule has 0 aliphatic heterocycles. The third kappa shape index (κ3) is 25.6. The summed E-state index contributed by atoms with van der Waals surface area (Å²) < 4.78 is 11.6. The first kappa shape index (κ1) is 54.9. The maximum atomic E-state index is 8.63. The molecule has 2 heterocycles. The number of rotatable bonds is 8. The van der Waals surface area contributed by atoms with Gasteiger partial charge in [0.05, 0.1) is 0 Å². The number of anilines is 3. The van der Waals surface area contributed by atoms with Crippen LogP contribution in [0.5, 0.6) is 35.0 Å². The number of phenolic OH excluding ortho intramolecular Hbond substituents is 2. The number of nitrogens with two attached hydrogens (primary N) is 1. The van der Waals surface area contributed by atoms with E-state index in [0.717, 1.165) is 24.2 Å². The Bertz CT molecular complexity index is 2480. The summed E-state index contributed by atoms with van der Waals surface area (Å²) >= 11 is 16.0. The van der Waals surface area contributed by atoms with Crippen LogP contribution in [0.3, 0.4) is 0 Å². The van der Waals surface area contributed by atoms with Crippen molar-refractivity contribution in [1.82, 2.24) is 29.9 Å². The molecule has 67 heavy (non-hydrogen) atoms. The first-order valence-corrected chi connectivity index (χ1v) is 20.7. The molecule has 0 aliphatic carbocycles. The number of ether oxygens (including phenoxy) is 2. The Balaban J connectivity index is 0.000000328. The lowest BCUT2D eigenvalue weighted by Gasteiger charge is -2.10. The Morgan fingerprint density at radius 1 is 0.478 bits per heavy atom. The van der Waals surface area contributed by atoms with Crippen molar-refractivity contribution in [2.24, 2.45) is 0 Å². The lowest BCUT2D eigenvalue weighted by Crippen LogP contribution is -2.03. The summed E-state index contributed by atoms with van der Waals surface area (Å²) in [6, 6.07) is 52.4. The van der Waals surface area contributed by atoms with Gasteiger partial charge >= 0.3 is 24.3 Å². The predicted molar refractivity (Wildman–Crippen MR) is 253 cm³/mol. The van der Waals surface area contributed by atoms with Gasteiger partial charge < -0.3 is 30.7 Å². The van der Waals surface area contributed by atoms with E-state index in [4.69, 9.17) is 79.4 Å². The van der Waals surface area contributed by atoms with E-state index in [9.17, 15) is 0 Å². The van der Waals surface area contributed by atoms with Gasteiger partial charge in [-0.25, -0.2) is 0 Å². The van der Waals surface area contributed by atoms with Crippen molar-refractivity contribution in [2.75, 3.05) is 11.1 Å². The van der Waals surface area contributed by atoms with Crippen LogP contribution >= 0.6 is 34.8 Å². The zero-order valence-electron chi connectivity index (χ0n) is 35.8. The van der Waals surface area contributed by atoms with Crippen LogP contribution in [0.25, 0.3) is 0 Å². The van der Waals surface area contributed by atoms with E-state index in [1.807, 2.05) is 97.1 Å². The van der Waals surface area contributed by atoms with Gasteiger partial charge in [0.25, 0.3) is 0 Å². The summed E-state index contributed by atoms with van der Waals surface area (Å²) in [7, 11) is 0. The minimum atomic E-state index is 0.000000000000000444. The standard InChI is InChI=1S/C23H20N4O2.C8H11N.2C6H6O.C3Cl3N3.2CO2/c1-2-17-13-15-18(16-14-17)24-21-25-22(28-19-9-5-3-6-10-19)27-23(26-21)29-20-11-7-4-8-12-20;1-2-7-3-5-8(9)6-4-7;2*7-6-4-2-1-3-5-6;4-1-7-2(5)9-3(6)8-1;2*2-1-3/h3-16H,2H2,1H3,(H,24,25,26,27);3-6H,2,9H2,1H3;2*1-5,7H;;;. The fourth-order valence-corrected chi connectivity index (χ4v) is 5.15. The zero-order chi connectivity index (χ0) is 49.1. The van der Waals surface area contributed by atoms with E-state index in [1.54, 1.807) is 48.5 Å². The summed E-state index contributed by atoms with van der Waals surface area (Å²) in [5.41, 5.74) is 9.78. The second-order valence-electron chi connectivity index (χ2n) is 12.3. The smallest absolute Gasteiger partial charge is 0.373 e. The number of aromatic nitrogens is 6. The molecule has 0 fully saturated rings. The fourth-order valence-electron chi connectivity index (χ4n) is 4.54. The Morgan fingerprint density at radius 2 is 0.791 bits per heavy atom. The number of aryl methyl sites for hydroxylation is 2. The van der Waals surface area contributed by atoms with Crippen LogP contribution in [0.1, 0.15) is 25.0 Å². The molecule has 0 unspecified atom stereocenters. The van der Waals surface area contributed by atoms with Gasteiger partial charge in [-0.2, -0.15) is 44.1 Å². The molecule has 16 nitrogen and oxygen atoms in total. The van der Waals surface area contributed by atoms with Crippen molar-refractivity contribution in [3.05, 3.63) is 197 Å². The van der Waals surface area contributed by atoms with Crippen molar-refractivity contribution < 1.29 is 38.9 Å². The second-order valence-corrected chi connectivity index (χ2v) is 13.3. The summed E-state index contributed by atoms with van der Waals surface area (Å²) in [6.45, 7) is 4.25. The van der Waals surface area contributed by atoms with E-state index >= 15 is 0 Å². The Kier molecular flexibility index (Phi) is 27.3. The molecule has 0 amide bonds. The molecule has 2 aromatic heterocycles. The van der Waals surface area contributed by atoms with Gasteiger partial charge in [0.15, 0.2) is 0 Å². The Hall–Kier alpha value is -8.23. The van der Waals surface area contributed by atoms with Crippen LogP contribution in [0.2, 0.25) is 15.9 Å². The number of phenols is 2. The quantitative estimate of drug-likeness (QED) is 0.103. The predicted octanol–water partition coefficient (Wildman–Crippen LogP) is 11.0. The number of carbonyl (C=O) groups excluding carboxylic acids is 4. The van der Waals surface area contributed by atoms with Gasteiger partial charge in [-0.1, -0.05) is 111 Å². The van der Waals surface area contributed by atoms with Crippen molar-refractivity contribution in [3.63, 3.8) is 0 Å². The minimum Gasteiger partial charge on any atom is -0.508 e. The number of hydrogen-bond acceptors (Lipinski definition) is 16. The van der Waals surface area contributed by atoms with E-state index in [0.29, 0.717) is 28.9 Å². The molecule has 0 bridgehead atoms. The highest BCUT2D eigenvalue weighted by molar-refractivity contribution is 6.33. The van der Waals surface area contributed by atoms with Gasteiger partial charge in [-0.15, -0.1) is 4.98 Å². The number of halogens is 3. The molecule has 5 N–H and O–H groups in total. The van der Waals surface area contributed by atoms with E-state index < -0.39 is 0 Å². The van der Waals surface area contributed by atoms with Crippen molar-refractivity contribution in [1.29, 1.82) is 0 Å². The average Bonchev–Trinajstić information content (AvgIpc) is 3.32. The third-order valence-electron chi connectivity index (χ3n) is 7.57. The van der Waals surface area contributed by atoms with Crippen LogP contribution < -0.4 is 20.5 Å². The van der Waals surface area contributed by atoms with Crippen LogP contribution in [0.4, 0.5) is 17.3 Å². The number of nitrogens with zero attached hydrogens (tertiary/aromatic N) is 6. The number of para-hydroxylation sites is 4. The highest BCUT2D eigenvalue weighted by atomic mass is 35.5. The molecule has 0 radical (unpaired) electrons. The number of aromatic hydroxyl groups is 2. The lowest BCUT2D eigenvalue weighted by atomic mass is 10.1. The number of nitrogen functional groups attached to an aromatic ring is 1. The van der Waals surface area contributed by atoms with Gasteiger partial charge in [0.1, 0.15) is 23.0 Å².